The fraction of sp³-hybridized carbons (Fsp3) is 0. The van der Waals surface area contributed by atoms with Crippen molar-refractivity contribution in [1.29, 1.82) is 0 Å². The Kier molecular flexibility index (Phi) is 3.15. The van der Waals surface area contributed by atoms with Crippen LogP contribution in [-0.2, 0) is 0 Å². The van der Waals surface area contributed by atoms with Crippen LogP contribution in [0, 0.1) is 3.57 Å². The Hall–Kier alpha value is -1.87. The van der Waals surface area contributed by atoms with Crippen molar-refractivity contribution in [1.82, 2.24) is 0 Å². The van der Waals surface area contributed by atoms with Crippen LogP contribution in [-0.4, -0.2) is 0 Å². The van der Waals surface area contributed by atoms with Gasteiger partial charge in [0, 0.05) is 3.57 Å². The zero-order valence-corrected chi connectivity index (χ0v) is 13.5. The molecule has 0 aliphatic rings. The van der Waals surface area contributed by atoms with Crippen LogP contribution < -0.4 is 0 Å². The van der Waals surface area contributed by atoms with Crippen molar-refractivity contribution in [2.75, 3.05) is 0 Å². The van der Waals surface area contributed by atoms with Crippen molar-refractivity contribution in [2.24, 2.45) is 0 Å². The summed E-state index contributed by atoms with van der Waals surface area (Å²) in [4.78, 5) is 0. The van der Waals surface area contributed by atoms with Gasteiger partial charge >= 0.3 is 0 Å². The SMILES string of the molecule is Ic1c(-c2cccc3ccccc23)ccc2ccccc12. The molecule has 0 saturated heterocycles. The number of benzene rings is 4. The Balaban J connectivity index is 2.07. The number of fused-ring (bicyclic) bond motifs is 2. The summed E-state index contributed by atoms with van der Waals surface area (Å²) in [7, 11) is 0. The van der Waals surface area contributed by atoms with Gasteiger partial charge in [-0.2, -0.15) is 0 Å². The van der Waals surface area contributed by atoms with Gasteiger partial charge < -0.3 is 0 Å². The molecule has 0 heterocycles. The summed E-state index contributed by atoms with van der Waals surface area (Å²) in [6.07, 6.45) is 0. The molecule has 4 aromatic rings. The lowest BCUT2D eigenvalue weighted by atomic mass is 9.96. The molecule has 0 bridgehead atoms. The van der Waals surface area contributed by atoms with Crippen molar-refractivity contribution in [3.8, 4) is 11.1 Å². The minimum Gasteiger partial charge on any atom is -0.0616 e. The molecule has 0 fully saturated rings. The molecular weight excluding hydrogens is 367 g/mol. The van der Waals surface area contributed by atoms with Crippen molar-refractivity contribution in [3.05, 3.63) is 82.4 Å². The first-order valence-corrected chi connectivity index (χ1v) is 8.08. The summed E-state index contributed by atoms with van der Waals surface area (Å²) >= 11 is 2.47. The number of rotatable bonds is 1. The van der Waals surface area contributed by atoms with Crippen LogP contribution in [0.5, 0.6) is 0 Å². The van der Waals surface area contributed by atoms with Crippen LogP contribution in [0.2, 0.25) is 0 Å². The predicted molar refractivity (Wildman–Crippen MR) is 99.6 cm³/mol. The molecule has 0 aromatic heterocycles. The first-order valence-electron chi connectivity index (χ1n) is 7.00. The van der Waals surface area contributed by atoms with E-state index in [4.69, 9.17) is 0 Å². The fourth-order valence-corrected chi connectivity index (χ4v) is 3.86. The monoisotopic (exact) mass is 380 g/mol. The summed E-state index contributed by atoms with van der Waals surface area (Å²) in [6.45, 7) is 0. The molecular formula is C20H13I. The summed E-state index contributed by atoms with van der Waals surface area (Å²) in [5.74, 6) is 0. The van der Waals surface area contributed by atoms with Crippen LogP contribution in [0.25, 0.3) is 32.7 Å². The van der Waals surface area contributed by atoms with E-state index in [1.54, 1.807) is 0 Å². The largest absolute Gasteiger partial charge is 0.0616 e. The highest BCUT2D eigenvalue weighted by Gasteiger charge is 2.09. The van der Waals surface area contributed by atoms with Gasteiger partial charge in [-0.1, -0.05) is 78.9 Å². The van der Waals surface area contributed by atoms with Gasteiger partial charge in [0.2, 0.25) is 0 Å². The maximum Gasteiger partial charge on any atom is 0.0287 e. The van der Waals surface area contributed by atoms with Crippen molar-refractivity contribution >= 4 is 44.1 Å². The normalized spacial score (nSPS) is 11.1. The third-order valence-electron chi connectivity index (χ3n) is 3.94. The smallest absolute Gasteiger partial charge is 0.0287 e. The van der Waals surface area contributed by atoms with Gasteiger partial charge in [0.1, 0.15) is 0 Å². The van der Waals surface area contributed by atoms with Gasteiger partial charge in [-0.15, -0.1) is 0 Å². The molecule has 0 unspecified atom stereocenters. The van der Waals surface area contributed by atoms with Gasteiger partial charge in [0.15, 0.2) is 0 Å². The summed E-state index contributed by atoms with van der Waals surface area (Å²) in [6, 6.07) is 28.1. The zero-order valence-electron chi connectivity index (χ0n) is 11.4. The molecule has 0 nitrogen and oxygen atoms in total. The lowest BCUT2D eigenvalue weighted by Crippen LogP contribution is -1.87. The molecule has 4 rings (SSSR count). The molecule has 0 aliphatic carbocycles. The lowest BCUT2D eigenvalue weighted by Gasteiger charge is -2.11. The Labute approximate surface area is 137 Å². The van der Waals surface area contributed by atoms with Gasteiger partial charge in [-0.3, -0.25) is 0 Å². The molecule has 0 atom stereocenters. The molecule has 4 aromatic carbocycles. The van der Waals surface area contributed by atoms with Crippen molar-refractivity contribution in [3.63, 3.8) is 0 Å². The Morgan fingerprint density at radius 2 is 1.10 bits per heavy atom. The van der Waals surface area contributed by atoms with Crippen LogP contribution in [0.3, 0.4) is 0 Å². The van der Waals surface area contributed by atoms with Gasteiger partial charge in [0.25, 0.3) is 0 Å². The molecule has 0 N–H and O–H groups in total. The molecule has 21 heavy (non-hydrogen) atoms. The quantitative estimate of drug-likeness (QED) is 0.342. The highest BCUT2D eigenvalue weighted by Crippen LogP contribution is 2.35. The number of hydrogen-bond donors (Lipinski definition) is 0. The molecule has 0 spiro atoms. The second kappa shape index (κ2) is 5.15. The molecule has 0 saturated carbocycles. The van der Waals surface area contributed by atoms with E-state index in [1.165, 1.54) is 36.2 Å². The fourth-order valence-electron chi connectivity index (χ4n) is 2.90. The van der Waals surface area contributed by atoms with E-state index < -0.39 is 0 Å². The first kappa shape index (κ1) is 12.8. The molecule has 1 heteroatoms. The maximum atomic E-state index is 2.47. The summed E-state index contributed by atoms with van der Waals surface area (Å²) < 4.78 is 1.32. The lowest BCUT2D eigenvalue weighted by molar-refractivity contribution is 1.65. The average Bonchev–Trinajstić information content (AvgIpc) is 2.55. The average molecular weight is 380 g/mol. The molecule has 0 aliphatic heterocycles. The molecule has 0 radical (unpaired) electrons. The Morgan fingerprint density at radius 3 is 1.90 bits per heavy atom. The Bertz CT molecular complexity index is 949. The van der Waals surface area contributed by atoms with E-state index in [2.05, 4.69) is 101 Å². The van der Waals surface area contributed by atoms with Crippen molar-refractivity contribution in [2.45, 2.75) is 0 Å². The molecule has 100 valence electrons. The van der Waals surface area contributed by atoms with Crippen LogP contribution in [0.15, 0.2) is 78.9 Å². The first-order chi connectivity index (χ1) is 10.3. The van der Waals surface area contributed by atoms with Crippen LogP contribution in [0.4, 0.5) is 0 Å². The number of halogens is 1. The number of hydrogen-bond acceptors (Lipinski definition) is 0. The van der Waals surface area contributed by atoms with E-state index in [0.717, 1.165) is 0 Å². The van der Waals surface area contributed by atoms with E-state index >= 15 is 0 Å². The second-order valence-corrected chi connectivity index (χ2v) is 6.25. The molecule has 0 amide bonds. The van der Waals surface area contributed by atoms with Gasteiger partial charge in [0.05, 0.1) is 0 Å². The highest BCUT2D eigenvalue weighted by molar-refractivity contribution is 14.1. The minimum atomic E-state index is 1.29. The van der Waals surface area contributed by atoms with Gasteiger partial charge in [-0.25, -0.2) is 0 Å². The van der Waals surface area contributed by atoms with Crippen molar-refractivity contribution < 1.29 is 0 Å². The highest BCUT2D eigenvalue weighted by atomic mass is 127. The van der Waals surface area contributed by atoms with E-state index in [9.17, 15) is 0 Å². The third kappa shape index (κ3) is 2.12. The third-order valence-corrected chi connectivity index (χ3v) is 5.11. The standard InChI is InChI=1S/C20H13I/c21-20-17-10-4-2-7-15(17)12-13-19(20)18-11-5-8-14-6-1-3-9-16(14)18/h1-13H. The predicted octanol–water partition coefficient (Wildman–Crippen LogP) is 6.26. The second-order valence-electron chi connectivity index (χ2n) is 5.17. The topological polar surface area (TPSA) is 0 Å². The summed E-state index contributed by atoms with van der Waals surface area (Å²) in [5.41, 5.74) is 2.62. The summed E-state index contributed by atoms with van der Waals surface area (Å²) in [5, 5.41) is 5.22. The van der Waals surface area contributed by atoms with E-state index in [-0.39, 0.29) is 0 Å². The zero-order chi connectivity index (χ0) is 14.2. The van der Waals surface area contributed by atoms with Crippen LogP contribution >= 0.6 is 22.6 Å². The van der Waals surface area contributed by atoms with Gasteiger partial charge in [-0.05, 0) is 55.3 Å². The minimum absolute atomic E-state index is 1.29. The van der Waals surface area contributed by atoms with Crippen LogP contribution in [0.1, 0.15) is 0 Å². The maximum absolute atomic E-state index is 2.47. The van der Waals surface area contributed by atoms with E-state index in [1.807, 2.05) is 0 Å². The van der Waals surface area contributed by atoms with E-state index in [0.29, 0.717) is 0 Å². The Morgan fingerprint density at radius 1 is 0.476 bits per heavy atom.